The number of hydrogen-bond acceptors (Lipinski definition) is 4. The van der Waals surface area contributed by atoms with Gasteiger partial charge in [0, 0.05) is 12.1 Å². The fourth-order valence-electron chi connectivity index (χ4n) is 2.50. The van der Waals surface area contributed by atoms with Crippen molar-refractivity contribution in [1.82, 2.24) is 10.8 Å². The van der Waals surface area contributed by atoms with E-state index in [4.69, 9.17) is 9.57 Å². The highest BCUT2D eigenvalue weighted by Crippen LogP contribution is 2.24. The summed E-state index contributed by atoms with van der Waals surface area (Å²) >= 11 is 0. The van der Waals surface area contributed by atoms with Gasteiger partial charge in [0.15, 0.2) is 0 Å². The molecule has 2 aliphatic rings. The van der Waals surface area contributed by atoms with Crippen LogP contribution in [0.15, 0.2) is 0 Å². The van der Waals surface area contributed by atoms with Gasteiger partial charge in [-0.25, -0.2) is 4.79 Å². The van der Waals surface area contributed by atoms with Crippen molar-refractivity contribution < 1.29 is 14.4 Å². The molecule has 5 heteroatoms. The predicted molar refractivity (Wildman–Crippen MR) is 72.7 cm³/mol. The van der Waals surface area contributed by atoms with Crippen molar-refractivity contribution in [3.8, 4) is 0 Å². The number of hydrogen-bond donors (Lipinski definition) is 2. The Morgan fingerprint density at radius 2 is 1.74 bits per heavy atom. The van der Waals surface area contributed by atoms with Crippen LogP contribution in [0, 0.1) is 0 Å². The van der Waals surface area contributed by atoms with Gasteiger partial charge in [0.25, 0.3) is 0 Å². The maximum absolute atomic E-state index is 11.6. The quantitative estimate of drug-likeness (QED) is 0.771. The van der Waals surface area contributed by atoms with Crippen molar-refractivity contribution in [1.29, 1.82) is 0 Å². The number of amides is 1. The molecule has 0 atom stereocenters. The second-order valence-corrected chi connectivity index (χ2v) is 6.65. The Kier molecular flexibility index (Phi) is 4.68. The second-order valence-electron chi connectivity index (χ2n) is 6.65. The van der Waals surface area contributed by atoms with E-state index < -0.39 is 5.60 Å². The summed E-state index contributed by atoms with van der Waals surface area (Å²) < 4.78 is 5.22. The molecule has 2 fully saturated rings. The fraction of sp³-hybridized carbons (Fsp3) is 0.929. The van der Waals surface area contributed by atoms with Crippen LogP contribution >= 0.6 is 0 Å². The minimum Gasteiger partial charge on any atom is -0.444 e. The molecule has 5 nitrogen and oxygen atoms in total. The molecule has 0 heterocycles. The number of ether oxygens (including phenoxy) is 1. The molecule has 19 heavy (non-hydrogen) atoms. The predicted octanol–water partition coefficient (Wildman–Crippen LogP) is 2.51. The van der Waals surface area contributed by atoms with Crippen LogP contribution in [0.4, 0.5) is 4.79 Å². The van der Waals surface area contributed by atoms with Crippen molar-refractivity contribution in [3.05, 3.63) is 0 Å². The summed E-state index contributed by atoms with van der Waals surface area (Å²) in [6, 6.07) is 0.570. The molecule has 0 aromatic heterocycles. The molecule has 0 spiro atoms. The van der Waals surface area contributed by atoms with Gasteiger partial charge in [0.2, 0.25) is 0 Å². The largest absolute Gasteiger partial charge is 0.444 e. The molecule has 2 aliphatic carbocycles. The van der Waals surface area contributed by atoms with E-state index in [1.54, 1.807) is 0 Å². The Labute approximate surface area is 115 Å². The number of alkyl carbamates (subject to hydrolysis) is 1. The molecular formula is C14H26N2O3. The Hall–Kier alpha value is -0.810. The lowest BCUT2D eigenvalue weighted by Crippen LogP contribution is -2.53. The third kappa shape index (κ3) is 4.99. The summed E-state index contributed by atoms with van der Waals surface area (Å²) in [5.41, 5.74) is 2.69. The summed E-state index contributed by atoms with van der Waals surface area (Å²) in [6.07, 6.45) is 6.77. The first-order chi connectivity index (χ1) is 8.92. The van der Waals surface area contributed by atoms with Gasteiger partial charge < -0.3 is 10.1 Å². The van der Waals surface area contributed by atoms with Crippen LogP contribution in [0.25, 0.3) is 0 Å². The molecule has 0 aromatic rings. The molecular weight excluding hydrogens is 244 g/mol. The Morgan fingerprint density at radius 1 is 1.11 bits per heavy atom. The highest BCUT2D eigenvalue weighted by atomic mass is 16.7. The van der Waals surface area contributed by atoms with Gasteiger partial charge in [-0.1, -0.05) is 12.8 Å². The van der Waals surface area contributed by atoms with E-state index in [0.717, 1.165) is 12.8 Å². The molecule has 0 radical (unpaired) electrons. The zero-order valence-electron chi connectivity index (χ0n) is 12.2. The van der Waals surface area contributed by atoms with E-state index in [9.17, 15) is 4.79 Å². The van der Waals surface area contributed by atoms with Crippen LogP contribution in [0.5, 0.6) is 0 Å². The van der Waals surface area contributed by atoms with Crippen LogP contribution in [-0.4, -0.2) is 29.9 Å². The number of nitrogens with one attached hydrogen (secondary N) is 2. The highest BCUT2D eigenvalue weighted by Gasteiger charge is 2.32. The minimum absolute atomic E-state index is 0.208. The van der Waals surface area contributed by atoms with E-state index in [-0.39, 0.29) is 12.1 Å². The zero-order chi connectivity index (χ0) is 13.9. The van der Waals surface area contributed by atoms with Gasteiger partial charge >= 0.3 is 6.09 Å². The third-order valence-electron chi connectivity index (χ3n) is 3.56. The Bertz CT molecular complexity index is 302. The lowest BCUT2D eigenvalue weighted by molar-refractivity contribution is -0.0596. The summed E-state index contributed by atoms with van der Waals surface area (Å²) in [7, 11) is 0. The highest BCUT2D eigenvalue weighted by molar-refractivity contribution is 5.68. The summed E-state index contributed by atoms with van der Waals surface area (Å²) in [5, 5.41) is 2.87. The van der Waals surface area contributed by atoms with E-state index in [2.05, 4.69) is 10.8 Å². The first-order valence-corrected chi connectivity index (χ1v) is 7.33. The van der Waals surface area contributed by atoms with Crippen molar-refractivity contribution >= 4 is 6.09 Å². The third-order valence-corrected chi connectivity index (χ3v) is 3.56. The normalized spacial score (nSPS) is 27.9. The summed E-state index contributed by atoms with van der Waals surface area (Å²) in [4.78, 5) is 17.2. The zero-order valence-corrected chi connectivity index (χ0v) is 12.2. The van der Waals surface area contributed by atoms with E-state index in [1.807, 2.05) is 20.8 Å². The lowest BCUT2D eigenvalue weighted by atomic mass is 9.87. The van der Waals surface area contributed by atoms with Crippen molar-refractivity contribution in [3.63, 3.8) is 0 Å². The van der Waals surface area contributed by atoms with Crippen molar-refractivity contribution in [2.75, 3.05) is 0 Å². The van der Waals surface area contributed by atoms with Gasteiger partial charge in [0.05, 0.1) is 6.10 Å². The molecule has 0 saturated heterocycles. The van der Waals surface area contributed by atoms with Gasteiger partial charge in [0.1, 0.15) is 5.60 Å². The van der Waals surface area contributed by atoms with Crippen molar-refractivity contribution in [2.45, 2.75) is 83.1 Å². The van der Waals surface area contributed by atoms with Gasteiger partial charge in [-0.15, -0.1) is 0 Å². The van der Waals surface area contributed by atoms with Crippen LogP contribution in [0.2, 0.25) is 0 Å². The number of rotatable bonds is 4. The average molecular weight is 270 g/mol. The number of carbonyl (C=O) groups excluding carboxylic acids is 1. The minimum atomic E-state index is -0.433. The van der Waals surface area contributed by atoms with E-state index >= 15 is 0 Å². The standard InChI is InChI=1S/C14H26N2O3/c1-14(2,3)18-13(17)15-10-8-11(9-10)16-19-12-6-4-5-7-12/h10-12,16H,4-9H2,1-3H3,(H,15,17). The van der Waals surface area contributed by atoms with E-state index in [0.29, 0.717) is 12.1 Å². The van der Waals surface area contributed by atoms with Gasteiger partial charge in [-0.3, -0.25) is 4.84 Å². The molecule has 2 saturated carbocycles. The summed E-state index contributed by atoms with van der Waals surface area (Å²) in [5.74, 6) is 0. The number of carbonyl (C=O) groups is 1. The number of hydroxylamine groups is 1. The maximum atomic E-state index is 11.6. The molecule has 0 aromatic carbocycles. The SMILES string of the molecule is CC(C)(C)OC(=O)NC1CC(NOC2CCCC2)C1. The molecule has 0 aliphatic heterocycles. The van der Waals surface area contributed by atoms with Crippen LogP contribution in [0.3, 0.4) is 0 Å². The van der Waals surface area contributed by atoms with Crippen LogP contribution in [-0.2, 0) is 9.57 Å². The van der Waals surface area contributed by atoms with Crippen LogP contribution < -0.4 is 10.8 Å². The van der Waals surface area contributed by atoms with Crippen LogP contribution in [0.1, 0.15) is 59.3 Å². The molecule has 0 unspecified atom stereocenters. The first-order valence-electron chi connectivity index (χ1n) is 7.33. The molecule has 1 amide bonds. The Morgan fingerprint density at radius 3 is 2.32 bits per heavy atom. The fourth-order valence-corrected chi connectivity index (χ4v) is 2.50. The average Bonchev–Trinajstić information content (AvgIpc) is 2.71. The van der Waals surface area contributed by atoms with E-state index in [1.165, 1.54) is 25.7 Å². The second kappa shape index (κ2) is 6.09. The maximum Gasteiger partial charge on any atom is 0.407 e. The molecule has 0 bridgehead atoms. The molecule has 2 rings (SSSR count). The smallest absolute Gasteiger partial charge is 0.407 e. The molecule has 2 N–H and O–H groups in total. The van der Waals surface area contributed by atoms with Crippen molar-refractivity contribution in [2.24, 2.45) is 0 Å². The first kappa shape index (κ1) is 14.6. The monoisotopic (exact) mass is 270 g/mol. The van der Waals surface area contributed by atoms with Gasteiger partial charge in [-0.05, 0) is 46.5 Å². The lowest BCUT2D eigenvalue weighted by Gasteiger charge is -2.36. The van der Waals surface area contributed by atoms with Gasteiger partial charge in [-0.2, -0.15) is 5.48 Å². The molecule has 110 valence electrons. The Balaban J connectivity index is 1.54. The topological polar surface area (TPSA) is 59.6 Å². The summed E-state index contributed by atoms with van der Waals surface area (Å²) in [6.45, 7) is 5.60.